The van der Waals surface area contributed by atoms with Gasteiger partial charge in [0.05, 0.1) is 19.8 Å². The van der Waals surface area contributed by atoms with Crippen LogP contribution >= 0.6 is 0 Å². The van der Waals surface area contributed by atoms with Crippen LogP contribution in [-0.2, 0) is 78.0 Å². The van der Waals surface area contributed by atoms with Crippen molar-refractivity contribution in [2.24, 2.45) is 41.4 Å². The number of fused-ring (bicyclic) bond motifs is 3. The molecule has 0 atom stereocenters. The Labute approximate surface area is 692 Å². The SMILES string of the molecule is C=C(C)C(=O)OCCC[Si](C)(C)O[Si]1(CCCCCC(C)C)O[Si]2(CCCCCC(C)C)O[Si](CCCCCC(C)C)(O[Si](C)(C)CCCOC(=O)C(=C)C)O[Si]3(CCCCCC(C)C)O[Si](CCCCCC(C)C)(O[Si](C)(C)CCCOC(=O)C(=C)C)O[Si](CCCCCC(C)C)(O1)O[Si](CCCCCC(C)C)(O2)O3. The van der Waals surface area contributed by atoms with Crippen molar-refractivity contribution in [3.8, 4) is 0 Å². The molecular formula is C83H170O18Si10. The number of carbonyl (C=O) groups is 3. The van der Waals surface area contributed by atoms with E-state index in [1.165, 1.54) is 0 Å². The first-order valence-corrected chi connectivity index (χ1v) is 67.6. The Bertz CT molecular complexity index is 2400. The van der Waals surface area contributed by atoms with Crippen LogP contribution in [0.3, 0.4) is 0 Å². The molecule has 3 fully saturated rings. The summed E-state index contributed by atoms with van der Waals surface area (Å²) in [7, 11) is -40.2. The van der Waals surface area contributed by atoms with Crippen molar-refractivity contribution in [1.82, 2.24) is 0 Å². The van der Waals surface area contributed by atoms with Crippen LogP contribution in [0.25, 0.3) is 0 Å². The van der Waals surface area contributed by atoms with E-state index in [0.717, 1.165) is 180 Å². The van der Waals surface area contributed by atoms with Gasteiger partial charge in [0.2, 0.25) is 0 Å². The lowest BCUT2D eigenvalue weighted by atomic mass is 10.1. The Kier molecular flexibility index (Phi) is 48.8. The van der Waals surface area contributed by atoms with Crippen LogP contribution < -0.4 is 0 Å². The molecule has 28 heteroatoms. The number of esters is 3. The van der Waals surface area contributed by atoms with Gasteiger partial charge in [-0.1, -0.05) is 252 Å². The molecule has 0 aromatic rings. The molecular weight excluding hydrogens is 1570 g/mol. The van der Waals surface area contributed by atoms with Crippen LogP contribution in [0.2, 0.25) is 99.7 Å². The Hall–Kier alpha value is -0.681. The van der Waals surface area contributed by atoms with Crippen molar-refractivity contribution >= 4 is 104 Å². The number of rotatable bonds is 63. The zero-order chi connectivity index (χ0) is 83.2. The third-order valence-corrected chi connectivity index (χ3v) is 65.1. The zero-order valence-corrected chi connectivity index (χ0v) is 85.6. The smallest absolute Gasteiger partial charge is 0.462 e. The van der Waals surface area contributed by atoms with Gasteiger partial charge in [-0.25, -0.2) is 14.4 Å². The predicted molar refractivity (Wildman–Crippen MR) is 478 cm³/mol. The summed E-state index contributed by atoms with van der Waals surface area (Å²) in [5.41, 5.74) is 1.08. The molecule has 0 N–H and O–H groups in total. The van der Waals surface area contributed by atoms with Gasteiger partial charge in [-0.15, -0.1) is 0 Å². The molecule has 0 amide bonds. The first kappa shape index (κ1) is 105. The number of unbranched alkanes of at least 4 members (excludes halogenated alkanes) is 14. The van der Waals surface area contributed by atoms with Gasteiger partial charge in [0.25, 0.3) is 0 Å². The summed E-state index contributed by atoms with van der Waals surface area (Å²) in [6, 6.07) is 4.92. The lowest BCUT2D eigenvalue weighted by Gasteiger charge is -2.59. The quantitative estimate of drug-likeness (QED) is 0.0184. The van der Waals surface area contributed by atoms with Crippen molar-refractivity contribution in [3.05, 3.63) is 36.5 Å². The fourth-order valence-electron chi connectivity index (χ4n) is 14.9. The predicted octanol–water partition coefficient (Wildman–Crippen LogP) is 25.5. The van der Waals surface area contributed by atoms with Gasteiger partial charge in [0.1, 0.15) is 0 Å². The minimum absolute atomic E-state index is 0.206. The first-order chi connectivity index (χ1) is 51.9. The van der Waals surface area contributed by atoms with E-state index in [1.54, 1.807) is 20.8 Å². The second kappa shape index (κ2) is 51.8. The Morgan fingerprint density at radius 3 is 0.604 bits per heavy atom. The first-order valence-electron chi connectivity index (χ1n) is 44.8. The van der Waals surface area contributed by atoms with E-state index in [9.17, 15) is 14.4 Å². The van der Waals surface area contributed by atoms with Crippen LogP contribution in [0.1, 0.15) is 317 Å². The van der Waals surface area contributed by atoms with Crippen LogP contribution in [0.15, 0.2) is 36.5 Å². The highest BCUT2D eigenvalue weighted by Gasteiger charge is 2.78. The summed E-state index contributed by atoms with van der Waals surface area (Å²) < 4.78 is 122. The van der Waals surface area contributed by atoms with Crippen molar-refractivity contribution in [2.75, 3.05) is 19.8 Å². The summed E-state index contributed by atoms with van der Waals surface area (Å²) in [5, 5.41) is 0. The van der Waals surface area contributed by atoms with Gasteiger partial charge in [-0.3, -0.25) is 0 Å². The minimum Gasteiger partial charge on any atom is -0.462 e. The van der Waals surface area contributed by atoms with Crippen molar-refractivity contribution < 1.29 is 78.0 Å². The van der Waals surface area contributed by atoms with E-state index in [2.05, 4.69) is 156 Å². The van der Waals surface area contributed by atoms with E-state index < -0.39 is 104 Å². The fraction of sp³-hybridized carbons (Fsp3) is 0.892. The zero-order valence-electron chi connectivity index (χ0n) is 75.6. The van der Waals surface area contributed by atoms with Crippen molar-refractivity contribution in [3.63, 3.8) is 0 Å². The van der Waals surface area contributed by atoms with Gasteiger partial charge in [-0.2, -0.15) is 0 Å². The molecule has 0 aliphatic carbocycles. The second-order valence-corrected chi connectivity index (χ2v) is 73.2. The largest absolute Gasteiger partial charge is 0.478 e. The molecule has 0 aromatic carbocycles. The summed E-state index contributed by atoms with van der Waals surface area (Å²) >= 11 is 0. The maximum Gasteiger partial charge on any atom is 0.478 e. The van der Waals surface area contributed by atoms with Gasteiger partial charge in [0, 0.05) is 59.0 Å². The normalized spacial score (nSPS) is 24.1. The summed E-state index contributed by atoms with van der Waals surface area (Å²) in [6.45, 7) is 63.2. The summed E-state index contributed by atoms with van der Waals surface area (Å²) in [6.07, 6.45) is 27.8. The molecule has 3 aliphatic heterocycles. The molecule has 3 rings (SSSR count). The monoisotopic (exact) mass is 1740 g/mol. The average Bonchev–Trinajstić information content (AvgIpc) is 0.704. The van der Waals surface area contributed by atoms with E-state index >= 15 is 0 Å². The number of carbonyl (C=O) groups excluding carboxylic acids is 3. The Morgan fingerprint density at radius 2 is 0.432 bits per heavy atom. The van der Waals surface area contributed by atoms with Gasteiger partial charge >= 0.3 is 79.5 Å². The molecule has 650 valence electrons. The highest BCUT2D eigenvalue weighted by Crippen LogP contribution is 2.52. The topological polar surface area (TPSA) is 190 Å². The van der Waals surface area contributed by atoms with E-state index in [4.69, 9.17) is 63.6 Å². The lowest BCUT2D eigenvalue weighted by Crippen LogP contribution is -2.83. The second-order valence-electron chi connectivity index (χ2n) is 38.3. The molecule has 3 aliphatic rings. The molecule has 0 aromatic heterocycles. The third-order valence-electron chi connectivity index (χ3n) is 21.0. The molecule has 0 unspecified atom stereocenters. The summed E-state index contributed by atoms with van der Waals surface area (Å²) in [5.74, 6) is 2.39. The average molecular weight is 1740 g/mol. The molecule has 18 nitrogen and oxygen atoms in total. The maximum absolute atomic E-state index is 13.1. The number of ether oxygens (including phenoxy) is 3. The van der Waals surface area contributed by atoms with Crippen LogP contribution in [0.4, 0.5) is 0 Å². The third kappa shape index (κ3) is 43.4. The molecule has 0 radical (unpaired) electrons. The Morgan fingerprint density at radius 1 is 0.261 bits per heavy atom. The highest BCUT2D eigenvalue weighted by molar-refractivity contribution is 7.01. The van der Waals surface area contributed by atoms with Crippen molar-refractivity contribution in [1.29, 1.82) is 0 Å². The molecule has 3 heterocycles. The van der Waals surface area contributed by atoms with E-state index in [0.29, 0.717) is 138 Å². The molecule has 4 bridgehead atoms. The van der Waals surface area contributed by atoms with E-state index in [-0.39, 0.29) is 19.8 Å². The summed E-state index contributed by atoms with van der Waals surface area (Å²) in [4.78, 5) is 39.3. The standard InChI is InChI=1S/C83H170O18Si10/c1-71(2)51-34-27-41-64-105(90-102(21,22)61-48-58-87-81(84)78(15)16)93-108(67-44-30-37-54-74(7)8)95-106(65-42-28-35-52-72(3)4,91-103(23,24)62-49-59-88-82(85)79(17)18)97-110(69-46-32-39-56-76(11)12)98-107(66-43-29-36-53-73(5)6,92-104(25,26)63-50-60-89-83(86)80(19)20)96-109(94-105,68-45-31-38-55-75(9)10)100-111(99-108,101-110)70-47-33-40-57-77(13)14/h71-77H,15,17,19,27-70H2,1-14,16,18,20-26H3. The molecule has 3 saturated heterocycles. The van der Waals surface area contributed by atoms with Crippen LogP contribution in [0.5, 0.6) is 0 Å². The fourth-order valence-corrected chi connectivity index (χ4v) is 71.0. The van der Waals surface area contributed by atoms with Crippen LogP contribution in [0, 0.1) is 41.4 Å². The van der Waals surface area contributed by atoms with Gasteiger partial charge in [-0.05, 0) is 184 Å². The number of hydrogen-bond donors (Lipinski definition) is 0. The number of hydrogen-bond acceptors (Lipinski definition) is 18. The van der Waals surface area contributed by atoms with Gasteiger partial charge in [0.15, 0.2) is 25.0 Å². The van der Waals surface area contributed by atoms with Crippen LogP contribution in [-0.4, -0.2) is 124 Å². The highest BCUT2D eigenvalue weighted by atomic mass is 28.6. The van der Waals surface area contributed by atoms with Gasteiger partial charge < -0.3 is 63.6 Å². The van der Waals surface area contributed by atoms with Crippen molar-refractivity contribution in [2.45, 2.75) is 416 Å². The Balaban J connectivity index is 3.01. The molecule has 0 saturated carbocycles. The van der Waals surface area contributed by atoms with E-state index in [1.807, 2.05) is 0 Å². The minimum atomic E-state index is -4.48. The molecule has 0 spiro atoms. The molecule has 111 heavy (non-hydrogen) atoms. The lowest BCUT2D eigenvalue weighted by molar-refractivity contribution is -0.139. The maximum atomic E-state index is 13.1.